The topological polar surface area (TPSA) is 74.8 Å². The Morgan fingerprint density at radius 1 is 1.08 bits per heavy atom. The Kier molecular flexibility index (Phi) is 5.50. The number of hydrazine groups is 1. The zero-order valence-corrected chi connectivity index (χ0v) is 21.6. The summed E-state index contributed by atoms with van der Waals surface area (Å²) in [6.07, 6.45) is -5.64. The molecular weight excluding hydrogens is 543 g/mol. The van der Waals surface area contributed by atoms with Crippen LogP contribution in [0.3, 0.4) is 0 Å². The van der Waals surface area contributed by atoms with E-state index in [1.807, 2.05) is 0 Å². The standard InChI is InChI=1S/C27H27F5N2O4S/c1-25(29,27(30,31)32)17-4-10-21-16(15-17)3-9-22-20(24(36)34-14-12-23(35)33(34)2)11-13-26(21,22)39(37,38)19-7-5-18(28)6-8-19/h4-8,10,15,20,22H,3,9,11-14H2,1-2H3/t20-,22+,25?,26-/m1/s1/i2D3. The van der Waals surface area contributed by atoms with Crippen LogP contribution < -0.4 is 0 Å². The van der Waals surface area contributed by atoms with Gasteiger partial charge in [-0.3, -0.25) is 19.6 Å². The van der Waals surface area contributed by atoms with Crippen LogP contribution in [-0.2, 0) is 36.3 Å². The summed E-state index contributed by atoms with van der Waals surface area (Å²) in [7, 11) is -4.45. The van der Waals surface area contributed by atoms with E-state index in [2.05, 4.69) is 0 Å². The number of halogens is 5. The van der Waals surface area contributed by atoms with Crippen molar-refractivity contribution < 1.29 is 44.1 Å². The first-order chi connectivity index (χ1) is 19.3. The third-order valence-electron chi connectivity index (χ3n) is 8.46. The molecule has 6 nitrogen and oxygen atoms in total. The highest BCUT2D eigenvalue weighted by molar-refractivity contribution is 7.92. The Morgan fingerprint density at radius 2 is 1.77 bits per heavy atom. The summed E-state index contributed by atoms with van der Waals surface area (Å²) in [5, 5.41) is 1.24. The van der Waals surface area contributed by atoms with Crippen LogP contribution >= 0.6 is 0 Å². The van der Waals surface area contributed by atoms with Gasteiger partial charge in [0.15, 0.2) is 9.84 Å². The van der Waals surface area contributed by atoms with E-state index in [1.54, 1.807) is 0 Å². The van der Waals surface area contributed by atoms with E-state index in [0.717, 1.165) is 47.5 Å². The van der Waals surface area contributed by atoms with E-state index in [0.29, 0.717) is 11.9 Å². The summed E-state index contributed by atoms with van der Waals surface area (Å²) in [5.41, 5.74) is -4.12. The van der Waals surface area contributed by atoms with Crippen LogP contribution in [0.15, 0.2) is 47.4 Å². The number of aryl methyl sites for hydroxylation is 1. The number of amides is 2. The number of carbonyl (C=O) groups excluding carboxylic acids is 2. The molecule has 3 aliphatic rings. The SMILES string of the molecule is [2H]C([2H])([2H])N1C(=O)CCN1C(=O)[C@@H]1CC[C@@]2(S(=O)(=O)c3ccc(F)cc3)c3ccc(C(C)(F)C(F)(F)F)cc3CC[C@@H]12. The first-order valence-electron chi connectivity index (χ1n) is 13.9. The van der Waals surface area contributed by atoms with Gasteiger partial charge in [-0.1, -0.05) is 18.2 Å². The van der Waals surface area contributed by atoms with Crippen LogP contribution in [0.5, 0.6) is 0 Å². The fourth-order valence-corrected chi connectivity index (χ4v) is 8.84. The molecule has 5 rings (SSSR count). The summed E-state index contributed by atoms with van der Waals surface area (Å²) >= 11 is 0. The molecule has 0 spiro atoms. The van der Waals surface area contributed by atoms with Crippen molar-refractivity contribution in [2.24, 2.45) is 11.8 Å². The van der Waals surface area contributed by atoms with Gasteiger partial charge in [-0.25, -0.2) is 17.2 Å². The third-order valence-corrected chi connectivity index (χ3v) is 11.0. The second-order valence-electron chi connectivity index (χ2n) is 10.4. The number of nitrogens with zero attached hydrogens (tertiary/aromatic N) is 2. The summed E-state index contributed by atoms with van der Waals surface area (Å²) in [4.78, 5) is 25.9. The fourth-order valence-electron chi connectivity index (χ4n) is 6.37. The molecule has 1 aliphatic heterocycles. The molecule has 1 saturated carbocycles. The maximum atomic E-state index is 14.9. The number of benzene rings is 2. The number of hydrogen-bond acceptors (Lipinski definition) is 4. The van der Waals surface area contributed by atoms with Gasteiger partial charge in [-0.2, -0.15) is 13.2 Å². The van der Waals surface area contributed by atoms with Crippen LogP contribution in [0.25, 0.3) is 0 Å². The molecule has 2 aliphatic carbocycles. The van der Waals surface area contributed by atoms with E-state index in [4.69, 9.17) is 4.11 Å². The van der Waals surface area contributed by atoms with E-state index in [-0.39, 0.29) is 54.7 Å². The normalized spacial score (nSPS) is 28.3. The first-order valence-corrected chi connectivity index (χ1v) is 13.9. The summed E-state index contributed by atoms with van der Waals surface area (Å²) < 4.78 is 119. The highest BCUT2D eigenvalue weighted by Crippen LogP contribution is 2.60. The molecule has 2 fully saturated rings. The minimum atomic E-state index is -5.23. The predicted molar refractivity (Wildman–Crippen MR) is 130 cm³/mol. The van der Waals surface area contributed by atoms with Crippen molar-refractivity contribution in [3.63, 3.8) is 0 Å². The van der Waals surface area contributed by atoms with E-state index >= 15 is 0 Å². The monoisotopic (exact) mass is 573 g/mol. The number of alkyl halides is 4. The van der Waals surface area contributed by atoms with Gasteiger partial charge in [0.2, 0.25) is 17.5 Å². The second kappa shape index (κ2) is 9.00. The Bertz CT molecular complexity index is 1550. The highest BCUT2D eigenvalue weighted by Gasteiger charge is 2.63. The molecule has 0 aromatic heterocycles. The minimum Gasteiger partial charge on any atom is -0.273 e. The van der Waals surface area contributed by atoms with E-state index < -0.39 is 68.4 Å². The van der Waals surface area contributed by atoms with Gasteiger partial charge in [0, 0.05) is 23.4 Å². The molecule has 39 heavy (non-hydrogen) atoms. The quantitative estimate of drug-likeness (QED) is 0.389. The first kappa shape index (κ1) is 23.8. The van der Waals surface area contributed by atoms with Crippen molar-refractivity contribution >= 4 is 21.7 Å². The van der Waals surface area contributed by atoms with Gasteiger partial charge in [0.05, 0.1) is 11.4 Å². The van der Waals surface area contributed by atoms with Crippen molar-refractivity contribution in [2.75, 3.05) is 13.5 Å². The maximum Gasteiger partial charge on any atom is 0.426 e. The Morgan fingerprint density at radius 3 is 2.41 bits per heavy atom. The lowest BCUT2D eigenvalue weighted by atomic mass is 9.72. The van der Waals surface area contributed by atoms with E-state index in [1.165, 1.54) is 0 Å². The van der Waals surface area contributed by atoms with Gasteiger partial charge in [-0.05, 0) is 79.5 Å². The van der Waals surface area contributed by atoms with Crippen molar-refractivity contribution in [3.05, 3.63) is 65.0 Å². The molecule has 0 radical (unpaired) electrons. The van der Waals surface area contributed by atoms with Crippen molar-refractivity contribution in [2.45, 2.75) is 60.5 Å². The molecule has 1 unspecified atom stereocenters. The predicted octanol–water partition coefficient (Wildman–Crippen LogP) is 4.82. The molecule has 210 valence electrons. The number of hydrogen-bond donors (Lipinski definition) is 0. The molecule has 0 bridgehead atoms. The molecule has 2 aromatic carbocycles. The number of rotatable bonds is 4. The zero-order chi connectivity index (χ0) is 31.0. The minimum absolute atomic E-state index is 0.00213. The lowest BCUT2D eigenvalue weighted by molar-refractivity contribution is -0.228. The summed E-state index contributed by atoms with van der Waals surface area (Å²) in [6, 6.07) is 7.07. The van der Waals surface area contributed by atoms with Gasteiger partial charge in [-0.15, -0.1) is 0 Å². The van der Waals surface area contributed by atoms with Crippen LogP contribution in [0.2, 0.25) is 0 Å². The maximum absolute atomic E-state index is 14.9. The zero-order valence-electron chi connectivity index (χ0n) is 23.8. The van der Waals surface area contributed by atoms with Crippen LogP contribution in [-0.4, -0.2) is 49.9 Å². The van der Waals surface area contributed by atoms with Crippen LogP contribution in [0.1, 0.15) is 53.4 Å². The average molecular weight is 574 g/mol. The lowest BCUT2D eigenvalue weighted by Gasteiger charge is -2.43. The number of carbonyl (C=O) groups is 2. The third kappa shape index (κ3) is 3.96. The largest absolute Gasteiger partial charge is 0.426 e. The van der Waals surface area contributed by atoms with Gasteiger partial charge in [0.25, 0.3) is 0 Å². The molecule has 12 heteroatoms. The molecule has 0 N–H and O–H groups in total. The molecular formula is C27H27F5N2O4S. The van der Waals surface area contributed by atoms with Crippen LogP contribution in [0, 0.1) is 17.7 Å². The molecule has 4 atom stereocenters. The fraction of sp³-hybridized carbons (Fsp3) is 0.481. The highest BCUT2D eigenvalue weighted by atomic mass is 32.2. The van der Waals surface area contributed by atoms with Gasteiger partial charge < -0.3 is 0 Å². The summed E-state index contributed by atoms with van der Waals surface area (Å²) in [5.74, 6) is -4.25. The number of sulfone groups is 1. The Labute approximate surface area is 226 Å². The molecule has 2 amide bonds. The van der Waals surface area contributed by atoms with Gasteiger partial charge >= 0.3 is 6.18 Å². The lowest BCUT2D eigenvalue weighted by Crippen LogP contribution is -2.49. The second-order valence-corrected chi connectivity index (χ2v) is 12.6. The van der Waals surface area contributed by atoms with Crippen molar-refractivity contribution in [3.8, 4) is 0 Å². The molecule has 1 saturated heterocycles. The molecule has 1 heterocycles. The average Bonchev–Trinajstić information content (AvgIpc) is 3.49. The van der Waals surface area contributed by atoms with Gasteiger partial charge in [0.1, 0.15) is 10.6 Å². The Balaban J connectivity index is 1.65. The number of fused-ring (bicyclic) bond motifs is 3. The van der Waals surface area contributed by atoms with Crippen molar-refractivity contribution in [1.29, 1.82) is 0 Å². The summed E-state index contributed by atoms with van der Waals surface area (Å²) in [6.45, 7) is -2.78. The van der Waals surface area contributed by atoms with Crippen molar-refractivity contribution in [1.82, 2.24) is 10.0 Å². The van der Waals surface area contributed by atoms with E-state index in [9.17, 15) is 40.0 Å². The van der Waals surface area contributed by atoms with Crippen LogP contribution in [0.4, 0.5) is 22.0 Å². The Hall–Kier alpha value is -3.02. The smallest absolute Gasteiger partial charge is 0.273 e. The molecule has 2 aromatic rings.